The van der Waals surface area contributed by atoms with Crippen molar-refractivity contribution >= 4 is 34.9 Å². The lowest BCUT2D eigenvalue weighted by Gasteiger charge is -2.37. The van der Waals surface area contributed by atoms with Crippen molar-refractivity contribution in [1.82, 2.24) is 20.1 Å². The predicted molar refractivity (Wildman–Crippen MR) is 169 cm³/mol. The Kier molecular flexibility index (Phi) is 15.2. The van der Waals surface area contributed by atoms with Crippen molar-refractivity contribution in [2.24, 2.45) is 17.8 Å². The van der Waals surface area contributed by atoms with Crippen LogP contribution in [-0.4, -0.2) is 91.3 Å². The Hall–Kier alpha value is -2.37. The Bertz CT molecular complexity index is 1060. The standard InChI is InChI=1S/C32H54N4O6S/c1-10-14-23(32(40)42-9)33-29(38)24-19-43-30(34-24)28(41-8)18-26(20(3)4)36(7)31(39)22(21(5)11-2)17-27(37)25-15-12-13-16-35(25)6/h19-23,25-26,28H,10-18H2,1-9H3,(H,33,38)/t21-,22-,23-,25+,26+,28+/m0/s1. The van der Waals surface area contributed by atoms with E-state index in [9.17, 15) is 19.2 Å². The molecule has 1 aromatic heterocycles. The fourth-order valence-electron chi connectivity index (χ4n) is 5.92. The highest BCUT2D eigenvalue weighted by Crippen LogP contribution is 2.32. The number of carbonyl (C=O) groups is 4. The van der Waals surface area contributed by atoms with Gasteiger partial charge in [0, 0.05) is 44.3 Å². The van der Waals surface area contributed by atoms with E-state index in [1.807, 2.05) is 21.0 Å². The first kappa shape index (κ1) is 36.8. The van der Waals surface area contributed by atoms with Crippen molar-refractivity contribution in [3.8, 4) is 0 Å². The van der Waals surface area contributed by atoms with Crippen LogP contribution >= 0.6 is 11.3 Å². The number of nitrogens with zero attached hydrogens (tertiary/aromatic N) is 3. The van der Waals surface area contributed by atoms with E-state index in [-0.39, 0.29) is 53.6 Å². The number of likely N-dealkylation sites (N-methyl/N-ethyl adjacent to an activating group) is 1. The minimum atomic E-state index is -0.736. The molecule has 0 spiro atoms. The van der Waals surface area contributed by atoms with Gasteiger partial charge in [-0.25, -0.2) is 9.78 Å². The molecule has 43 heavy (non-hydrogen) atoms. The molecule has 0 aliphatic carbocycles. The smallest absolute Gasteiger partial charge is 0.328 e. The van der Waals surface area contributed by atoms with Gasteiger partial charge in [-0.2, -0.15) is 0 Å². The molecule has 1 fully saturated rings. The number of likely N-dealkylation sites (tertiary alicyclic amines) is 1. The molecular weight excluding hydrogens is 568 g/mol. The lowest BCUT2D eigenvalue weighted by molar-refractivity contribution is -0.143. The van der Waals surface area contributed by atoms with Gasteiger partial charge >= 0.3 is 5.97 Å². The maximum absolute atomic E-state index is 14.0. The number of aromatic nitrogens is 1. The van der Waals surface area contributed by atoms with Gasteiger partial charge in [0.15, 0.2) is 5.78 Å². The number of carbonyl (C=O) groups excluding carboxylic acids is 4. The maximum atomic E-state index is 14.0. The van der Waals surface area contributed by atoms with Crippen LogP contribution in [0.2, 0.25) is 0 Å². The van der Waals surface area contributed by atoms with Crippen molar-refractivity contribution in [1.29, 1.82) is 0 Å². The molecule has 2 amide bonds. The van der Waals surface area contributed by atoms with Gasteiger partial charge in [-0.15, -0.1) is 11.3 Å². The van der Waals surface area contributed by atoms with Crippen LogP contribution in [0.1, 0.15) is 108 Å². The van der Waals surface area contributed by atoms with Gasteiger partial charge in [0.05, 0.1) is 13.2 Å². The topological polar surface area (TPSA) is 118 Å². The highest BCUT2D eigenvalue weighted by atomic mass is 32.1. The summed E-state index contributed by atoms with van der Waals surface area (Å²) in [6, 6.07) is -1.02. The van der Waals surface area contributed by atoms with Gasteiger partial charge < -0.3 is 19.7 Å². The number of esters is 1. The summed E-state index contributed by atoms with van der Waals surface area (Å²) >= 11 is 1.31. The maximum Gasteiger partial charge on any atom is 0.328 e. The van der Waals surface area contributed by atoms with Crippen molar-refractivity contribution in [2.75, 3.05) is 34.9 Å². The first-order valence-corrected chi connectivity index (χ1v) is 16.6. The van der Waals surface area contributed by atoms with Crippen LogP contribution in [0.3, 0.4) is 0 Å². The average Bonchev–Trinajstić information content (AvgIpc) is 3.49. The molecule has 2 rings (SSSR count). The third-order valence-corrected chi connectivity index (χ3v) is 9.90. The van der Waals surface area contributed by atoms with E-state index in [4.69, 9.17) is 9.47 Å². The third-order valence-electron chi connectivity index (χ3n) is 8.96. The van der Waals surface area contributed by atoms with Gasteiger partial charge in [0.2, 0.25) is 5.91 Å². The number of piperidine rings is 1. The highest BCUT2D eigenvalue weighted by molar-refractivity contribution is 7.09. The zero-order valence-electron chi connectivity index (χ0n) is 27.7. The number of amides is 2. The lowest BCUT2D eigenvalue weighted by atomic mass is 9.83. The highest BCUT2D eigenvalue weighted by Gasteiger charge is 2.37. The number of hydrogen-bond acceptors (Lipinski definition) is 9. The number of Topliss-reactive ketones (excluding diaryl/α,β-unsaturated/α-hetero) is 1. The second-order valence-corrected chi connectivity index (χ2v) is 13.2. The fraction of sp³-hybridized carbons (Fsp3) is 0.781. The minimum absolute atomic E-state index is 0.0151. The molecule has 1 aliphatic heterocycles. The largest absolute Gasteiger partial charge is 0.467 e. The molecule has 1 aromatic rings. The first-order chi connectivity index (χ1) is 20.4. The average molecular weight is 623 g/mol. The Morgan fingerprint density at radius 1 is 1.16 bits per heavy atom. The molecule has 1 N–H and O–H groups in total. The van der Waals surface area contributed by atoms with Crippen LogP contribution in [0.15, 0.2) is 5.38 Å². The molecule has 0 aromatic carbocycles. The van der Waals surface area contributed by atoms with Gasteiger partial charge in [-0.3, -0.25) is 19.3 Å². The van der Waals surface area contributed by atoms with E-state index in [0.717, 1.165) is 32.2 Å². The second kappa shape index (κ2) is 17.8. The summed E-state index contributed by atoms with van der Waals surface area (Å²) in [5.41, 5.74) is 0.209. The van der Waals surface area contributed by atoms with Gasteiger partial charge in [-0.05, 0) is 44.7 Å². The van der Waals surface area contributed by atoms with E-state index in [2.05, 4.69) is 42.9 Å². The van der Waals surface area contributed by atoms with E-state index in [1.165, 1.54) is 18.4 Å². The molecule has 1 saturated heterocycles. The molecule has 11 heteroatoms. The van der Waals surface area contributed by atoms with Crippen molar-refractivity contribution in [3.05, 3.63) is 16.1 Å². The van der Waals surface area contributed by atoms with Crippen molar-refractivity contribution in [3.63, 3.8) is 0 Å². The molecule has 1 aliphatic rings. The Labute approximate surface area is 262 Å². The van der Waals surface area contributed by atoms with Crippen LogP contribution in [0, 0.1) is 17.8 Å². The van der Waals surface area contributed by atoms with E-state index < -0.39 is 24.0 Å². The quantitative estimate of drug-likeness (QED) is 0.244. The number of ether oxygens (including phenoxy) is 2. The van der Waals surface area contributed by atoms with Crippen LogP contribution in [-0.2, 0) is 23.9 Å². The molecular formula is C32H54N4O6S. The number of nitrogens with one attached hydrogen (secondary N) is 1. The van der Waals surface area contributed by atoms with Crippen LogP contribution in [0.4, 0.5) is 0 Å². The summed E-state index contributed by atoms with van der Waals surface area (Å²) in [7, 11) is 6.73. The van der Waals surface area contributed by atoms with E-state index >= 15 is 0 Å². The Balaban J connectivity index is 2.20. The summed E-state index contributed by atoms with van der Waals surface area (Å²) in [5.74, 6) is -0.996. The van der Waals surface area contributed by atoms with Crippen molar-refractivity contribution in [2.45, 2.75) is 110 Å². The fourth-order valence-corrected chi connectivity index (χ4v) is 6.81. The molecule has 0 bridgehead atoms. The SMILES string of the molecule is CCC[C@H](NC(=O)c1csc([C@@H](C[C@H](C(C)C)N(C)C(=O)[C@@H](CC(=O)[C@H]2CCCCN2C)[C@@H](C)CC)OC)n1)C(=O)OC. The Morgan fingerprint density at radius 3 is 2.42 bits per heavy atom. The second-order valence-electron chi connectivity index (χ2n) is 12.3. The van der Waals surface area contributed by atoms with Crippen LogP contribution < -0.4 is 5.32 Å². The van der Waals surface area contributed by atoms with Gasteiger partial charge in [-0.1, -0.05) is 53.9 Å². The number of rotatable bonds is 17. The molecule has 0 radical (unpaired) electrons. The molecule has 0 saturated carbocycles. The van der Waals surface area contributed by atoms with E-state index in [0.29, 0.717) is 24.3 Å². The number of ketones is 1. The molecule has 6 atom stereocenters. The first-order valence-electron chi connectivity index (χ1n) is 15.8. The third kappa shape index (κ3) is 10.1. The van der Waals surface area contributed by atoms with Crippen LogP contribution in [0.25, 0.3) is 0 Å². The lowest BCUT2D eigenvalue weighted by Crippen LogP contribution is -2.48. The number of methoxy groups -OCH3 is 2. The zero-order chi connectivity index (χ0) is 32.3. The van der Waals surface area contributed by atoms with E-state index in [1.54, 1.807) is 17.4 Å². The normalized spacial score (nSPS) is 19.3. The zero-order valence-corrected chi connectivity index (χ0v) is 28.5. The molecule has 244 valence electrons. The summed E-state index contributed by atoms with van der Waals surface area (Å²) in [6.07, 6.45) is 5.28. The molecule has 2 heterocycles. The molecule has 0 unspecified atom stereocenters. The van der Waals surface area contributed by atoms with Crippen LogP contribution in [0.5, 0.6) is 0 Å². The predicted octanol–water partition coefficient (Wildman–Crippen LogP) is 4.88. The van der Waals surface area contributed by atoms with Crippen molar-refractivity contribution < 1.29 is 28.7 Å². The minimum Gasteiger partial charge on any atom is -0.467 e. The summed E-state index contributed by atoms with van der Waals surface area (Å²) in [6.45, 7) is 11.1. The number of thiazole rings is 1. The van der Waals surface area contributed by atoms with Gasteiger partial charge in [0.25, 0.3) is 5.91 Å². The summed E-state index contributed by atoms with van der Waals surface area (Å²) in [5, 5.41) is 5.00. The number of hydrogen-bond donors (Lipinski definition) is 1. The Morgan fingerprint density at radius 2 is 1.86 bits per heavy atom. The summed E-state index contributed by atoms with van der Waals surface area (Å²) in [4.78, 5) is 60.9. The van der Waals surface area contributed by atoms with Gasteiger partial charge in [0.1, 0.15) is 22.8 Å². The molecule has 10 nitrogen and oxygen atoms in total. The monoisotopic (exact) mass is 622 g/mol. The summed E-state index contributed by atoms with van der Waals surface area (Å²) < 4.78 is 10.7.